The summed E-state index contributed by atoms with van der Waals surface area (Å²) in [7, 11) is -3.79. The number of nitrogens with one attached hydrogen (secondary N) is 1. The lowest BCUT2D eigenvalue weighted by Gasteiger charge is -2.17. The second kappa shape index (κ2) is 8.76. The summed E-state index contributed by atoms with van der Waals surface area (Å²) in [6, 6.07) is 20.0. The highest BCUT2D eigenvalue weighted by molar-refractivity contribution is 7.92. The molecule has 1 fully saturated rings. The fourth-order valence-corrected chi connectivity index (χ4v) is 5.75. The molecule has 0 aliphatic carbocycles. The molecule has 5 rings (SSSR count). The van der Waals surface area contributed by atoms with Crippen LogP contribution >= 0.6 is 11.3 Å². The molecule has 1 aliphatic heterocycles. The maximum absolute atomic E-state index is 12.6. The summed E-state index contributed by atoms with van der Waals surface area (Å²) in [6.45, 7) is 2.30. The standard InChI is InChI=1S/C23H22N4O3S2/c28-32(29,22-11-5-6-13-24-22)26-18-7-1-3-9-20(18)30-16-17-12-14-27(15-17)23-25-19-8-2-4-10-21(19)31-23/h1-11,13,17,26H,12,14-16H2. The van der Waals surface area contributed by atoms with E-state index in [1.165, 1.54) is 17.0 Å². The van der Waals surface area contributed by atoms with Crippen molar-refractivity contribution in [3.05, 3.63) is 72.9 Å². The molecule has 2 aromatic carbocycles. The van der Waals surface area contributed by atoms with E-state index in [4.69, 9.17) is 9.72 Å². The number of nitrogens with zero attached hydrogens (tertiary/aromatic N) is 3. The second-order valence-corrected chi connectivity index (χ2v) is 10.3. The van der Waals surface area contributed by atoms with Crippen LogP contribution in [-0.2, 0) is 10.0 Å². The molecule has 9 heteroatoms. The predicted molar refractivity (Wildman–Crippen MR) is 127 cm³/mol. The lowest BCUT2D eigenvalue weighted by atomic mass is 10.1. The number of anilines is 2. The van der Waals surface area contributed by atoms with E-state index in [1.54, 1.807) is 41.7 Å². The first-order valence-electron chi connectivity index (χ1n) is 10.3. The van der Waals surface area contributed by atoms with Crippen molar-refractivity contribution in [3.8, 4) is 5.75 Å². The minimum Gasteiger partial charge on any atom is -0.491 e. The normalized spacial score (nSPS) is 16.4. The lowest BCUT2D eigenvalue weighted by Crippen LogP contribution is -2.22. The fraction of sp³-hybridized carbons (Fsp3) is 0.217. The molecule has 0 amide bonds. The van der Waals surface area contributed by atoms with Gasteiger partial charge in [0, 0.05) is 25.2 Å². The van der Waals surface area contributed by atoms with Gasteiger partial charge in [0.05, 0.1) is 22.5 Å². The number of pyridine rings is 1. The number of fused-ring (bicyclic) bond motifs is 1. The van der Waals surface area contributed by atoms with Crippen LogP contribution in [0.1, 0.15) is 6.42 Å². The van der Waals surface area contributed by atoms with Crippen molar-refractivity contribution in [2.45, 2.75) is 11.4 Å². The van der Waals surface area contributed by atoms with Gasteiger partial charge in [-0.3, -0.25) is 4.72 Å². The molecule has 4 aromatic rings. The topological polar surface area (TPSA) is 84.4 Å². The van der Waals surface area contributed by atoms with Crippen LogP contribution < -0.4 is 14.4 Å². The highest BCUT2D eigenvalue weighted by Gasteiger charge is 2.26. The monoisotopic (exact) mass is 466 g/mol. The first-order chi connectivity index (χ1) is 15.6. The van der Waals surface area contributed by atoms with Crippen LogP contribution in [0.3, 0.4) is 0 Å². The summed E-state index contributed by atoms with van der Waals surface area (Å²) >= 11 is 1.71. The van der Waals surface area contributed by atoms with Crippen LogP contribution in [0, 0.1) is 5.92 Å². The van der Waals surface area contributed by atoms with E-state index < -0.39 is 10.0 Å². The maximum atomic E-state index is 12.6. The largest absolute Gasteiger partial charge is 0.491 e. The number of para-hydroxylation sites is 3. The summed E-state index contributed by atoms with van der Waals surface area (Å²) in [5.74, 6) is 0.841. The fourth-order valence-electron chi connectivity index (χ4n) is 3.73. The smallest absolute Gasteiger partial charge is 0.279 e. The van der Waals surface area contributed by atoms with Gasteiger partial charge in [0.2, 0.25) is 0 Å². The average molecular weight is 467 g/mol. The molecule has 0 bridgehead atoms. The maximum Gasteiger partial charge on any atom is 0.279 e. The molecule has 3 heterocycles. The van der Waals surface area contributed by atoms with Crippen molar-refractivity contribution in [2.24, 2.45) is 5.92 Å². The molecule has 164 valence electrons. The summed E-state index contributed by atoms with van der Waals surface area (Å²) in [4.78, 5) is 11.0. The van der Waals surface area contributed by atoms with Gasteiger partial charge in [0.15, 0.2) is 10.2 Å². The van der Waals surface area contributed by atoms with Crippen molar-refractivity contribution in [2.75, 3.05) is 29.3 Å². The number of benzene rings is 2. The Kier molecular flexibility index (Phi) is 5.67. The van der Waals surface area contributed by atoms with Gasteiger partial charge in [-0.1, -0.05) is 41.7 Å². The third-order valence-corrected chi connectivity index (χ3v) is 7.74. The van der Waals surface area contributed by atoms with Gasteiger partial charge < -0.3 is 9.64 Å². The summed E-state index contributed by atoms with van der Waals surface area (Å²) in [5, 5.41) is 1.01. The second-order valence-electron chi connectivity index (χ2n) is 7.65. The van der Waals surface area contributed by atoms with Crippen LogP contribution in [0.4, 0.5) is 10.8 Å². The number of aromatic nitrogens is 2. The van der Waals surface area contributed by atoms with Gasteiger partial charge in [-0.05, 0) is 42.8 Å². The quantitative estimate of drug-likeness (QED) is 0.435. The molecule has 0 radical (unpaired) electrons. The first kappa shape index (κ1) is 20.7. The van der Waals surface area contributed by atoms with Crippen molar-refractivity contribution in [1.82, 2.24) is 9.97 Å². The van der Waals surface area contributed by atoms with Crippen LogP contribution in [-0.4, -0.2) is 38.1 Å². The molecule has 1 unspecified atom stereocenters. The number of hydrogen-bond acceptors (Lipinski definition) is 7. The molecule has 1 saturated heterocycles. The van der Waals surface area contributed by atoms with E-state index in [0.29, 0.717) is 24.0 Å². The molecule has 0 spiro atoms. The third-order valence-electron chi connectivity index (χ3n) is 5.36. The number of thiazole rings is 1. The number of ether oxygens (including phenoxy) is 1. The molecule has 7 nitrogen and oxygen atoms in total. The molecular weight excluding hydrogens is 444 g/mol. The molecule has 0 saturated carbocycles. The molecule has 1 N–H and O–H groups in total. The highest BCUT2D eigenvalue weighted by atomic mass is 32.2. The minimum atomic E-state index is -3.79. The van der Waals surface area contributed by atoms with E-state index in [-0.39, 0.29) is 5.03 Å². The molecular formula is C23H22N4O3S2. The van der Waals surface area contributed by atoms with Crippen LogP contribution in [0.2, 0.25) is 0 Å². The Morgan fingerprint density at radius 1 is 1.06 bits per heavy atom. The van der Waals surface area contributed by atoms with E-state index >= 15 is 0 Å². The Morgan fingerprint density at radius 2 is 1.88 bits per heavy atom. The Balaban J connectivity index is 1.24. The zero-order valence-electron chi connectivity index (χ0n) is 17.2. The van der Waals surface area contributed by atoms with Gasteiger partial charge in [-0.15, -0.1) is 0 Å². The molecule has 32 heavy (non-hydrogen) atoms. The summed E-state index contributed by atoms with van der Waals surface area (Å²) in [6.07, 6.45) is 2.45. The SMILES string of the molecule is O=S(=O)(Nc1ccccc1OCC1CCN(c2nc3ccccc3s2)C1)c1ccccn1. The Hall–Kier alpha value is -3.17. The van der Waals surface area contributed by atoms with Crippen molar-refractivity contribution < 1.29 is 13.2 Å². The minimum absolute atomic E-state index is 0.0305. The van der Waals surface area contributed by atoms with Crippen molar-refractivity contribution >= 4 is 42.4 Å². The van der Waals surface area contributed by atoms with Crippen molar-refractivity contribution in [3.63, 3.8) is 0 Å². The third kappa shape index (κ3) is 4.39. The number of rotatable bonds is 7. The Bertz CT molecular complexity index is 1290. The molecule has 2 aromatic heterocycles. The first-order valence-corrected chi connectivity index (χ1v) is 12.6. The zero-order valence-corrected chi connectivity index (χ0v) is 18.8. The predicted octanol–water partition coefficient (Wildman–Crippen LogP) is 4.40. The average Bonchev–Trinajstić information content (AvgIpc) is 3.46. The van der Waals surface area contributed by atoms with E-state index in [2.05, 4.69) is 20.7 Å². The van der Waals surface area contributed by atoms with E-state index in [9.17, 15) is 8.42 Å². The van der Waals surface area contributed by atoms with Crippen molar-refractivity contribution in [1.29, 1.82) is 0 Å². The van der Waals surface area contributed by atoms with Gasteiger partial charge in [-0.2, -0.15) is 8.42 Å². The highest BCUT2D eigenvalue weighted by Crippen LogP contribution is 2.33. The van der Waals surface area contributed by atoms with Crippen LogP contribution in [0.25, 0.3) is 10.2 Å². The van der Waals surface area contributed by atoms with Gasteiger partial charge in [0.25, 0.3) is 10.0 Å². The van der Waals surface area contributed by atoms with Gasteiger partial charge >= 0.3 is 0 Å². The van der Waals surface area contributed by atoms with Crippen LogP contribution in [0.5, 0.6) is 5.75 Å². The Morgan fingerprint density at radius 3 is 2.72 bits per heavy atom. The van der Waals surface area contributed by atoms with Gasteiger partial charge in [-0.25, -0.2) is 9.97 Å². The van der Waals surface area contributed by atoms with E-state index in [0.717, 1.165) is 30.2 Å². The van der Waals surface area contributed by atoms with Crippen LogP contribution in [0.15, 0.2) is 78.0 Å². The molecule has 1 atom stereocenters. The molecule has 1 aliphatic rings. The Labute approximate surface area is 190 Å². The lowest BCUT2D eigenvalue weighted by molar-refractivity contribution is 0.262. The van der Waals surface area contributed by atoms with Gasteiger partial charge in [0.1, 0.15) is 5.75 Å². The summed E-state index contributed by atoms with van der Waals surface area (Å²) < 4.78 is 35.1. The van der Waals surface area contributed by atoms with E-state index in [1.807, 2.05) is 24.3 Å². The number of hydrogen-bond donors (Lipinski definition) is 1. The summed E-state index contributed by atoms with van der Waals surface area (Å²) in [5.41, 5.74) is 1.43. The number of sulfonamides is 1. The zero-order chi connectivity index (χ0) is 22.0.